The first-order chi connectivity index (χ1) is 5.00. The molecular formula is C6H6ClKO3S. The predicted molar refractivity (Wildman–Crippen MR) is 42.4 cm³/mol. The average molecular weight is 233 g/mol. The van der Waals surface area contributed by atoms with Gasteiger partial charge in [0.25, 0.3) is 10.1 Å². The molecule has 0 bridgehead atoms. The molecule has 0 aliphatic heterocycles. The van der Waals surface area contributed by atoms with Crippen molar-refractivity contribution < 1.29 is 65.8 Å². The maximum atomic E-state index is 10.5. The van der Waals surface area contributed by atoms with Crippen molar-refractivity contribution in [3.63, 3.8) is 0 Å². The summed E-state index contributed by atoms with van der Waals surface area (Å²) in [6.07, 6.45) is 0. The summed E-state index contributed by atoms with van der Waals surface area (Å²) < 4.78 is 29.4. The van der Waals surface area contributed by atoms with Crippen molar-refractivity contribution in [2.75, 3.05) is 0 Å². The first kappa shape index (κ1) is 13.1. The minimum Gasteiger partial charge on any atom is -1.00 e. The molecule has 0 radical (unpaired) electrons. The smallest absolute Gasteiger partial charge is 1.00 e. The minimum atomic E-state index is -4.08. The fourth-order valence-electron chi connectivity index (χ4n) is 0.607. The zero-order chi connectivity index (χ0) is 8.48. The Bertz CT molecular complexity index is 351. The van der Waals surface area contributed by atoms with E-state index in [2.05, 4.69) is 0 Å². The Morgan fingerprint density at radius 1 is 1.25 bits per heavy atom. The largest absolute Gasteiger partial charge is 1.00 e. The van der Waals surface area contributed by atoms with Crippen LogP contribution in [0.4, 0.5) is 0 Å². The first-order valence-electron chi connectivity index (χ1n) is 2.73. The van der Waals surface area contributed by atoms with Crippen molar-refractivity contribution >= 4 is 21.7 Å². The van der Waals surface area contributed by atoms with Gasteiger partial charge in [-0.1, -0.05) is 11.6 Å². The quantitative estimate of drug-likeness (QED) is 0.484. The zero-order valence-corrected chi connectivity index (χ0v) is 11.1. The Morgan fingerprint density at radius 2 is 1.67 bits per heavy atom. The van der Waals surface area contributed by atoms with Crippen LogP contribution < -0.4 is 51.4 Å². The Kier molecular flexibility index (Phi) is 5.51. The van der Waals surface area contributed by atoms with Gasteiger partial charge in [-0.15, -0.1) is 0 Å². The molecule has 0 fully saturated rings. The summed E-state index contributed by atoms with van der Waals surface area (Å²) in [7, 11) is -4.08. The van der Waals surface area contributed by atoms with Crippen molar-refractivity contribution in [1.82, 2.24) is 0 Å². The molecule has 0 spiro atoms. The van der Waals surface area contributed by atoms with E-state index in [9.17, 15) is 8.42 Å². The maximum Gasteiger partial charge on any atom is 1.00 e. The van der Waals surface area contributed by atoms with Crippen molar-refractivity contribution in [3.8, 4) is 0 Å². The zero-order valence-electron chi connectivity index (χ0n) is 7.36. The van der Waals surface area contributed by atoms with Gasteiger partial charge in [-0.25, -0.2) is 0 Å². The van der Waals surface area contributed by atoms with Crippen LogP contribution in [0.1, 0.15) is 1.43 Å². The van der Waals surface area contributed by atoms with Gasteiger partial charge < -0.3 is 1.43 Å². The first-order valence-corrected chi connectivity index (χ1v) is 4.55. The van der Waals surface area contributed by atoms with E-state index in [0.29, 0.717) is 5.02 Å². The molecule has 0 aliphatic rings. The summed E-state index contributed by atoms with van der Waals surface area (Å²) in [4.78, 5) is -0.151. The molecule has 6 heteroatoms. The van der Waals surface area contributed by atoms with Crippen LogP contribution in [0, 0.1) is 0 Å². The normalized spacial score (nSPS) is 10.5. The van der Waals surface area contributed by atoms with E-state index >= 15 is 0 Å². The fourth-order valence-corrected chi connectivity index (χ4v) is 1.21. The van der Waals surface area contributed by atoms with Gasteiger partial charge in [0, 0.05) is 5.02 Å². The SMILES string of the molecule is O=S(=O)(O)c1ccc(Cl)cc1.[H-].[K+]. The van der Waals surface area contributed by atoms with Gasteiger partial charge in [-0.3, -0.25) is 4.55 Å². The molecular weight excluding hydrogens is 227 g/mol. The van der Waals surface area contributed by atoms with Gasteiger partial charge in [0.1, 0.15) is 0 Å². The van der Waals surface area contributed by atoms with Gasteiger partial charge in [0.05, 0.1) is 4.90 Å². The van der Waals surface area contributed by atoms with Crippen LogP contribution in [0.25, 0.3) is 0 Å². The standard InChI is InChI=1S/C6H5ClO3S.K.H/c7-5-1-3-6(4-2-5)11(8,9)10;;/h1-4H,(H,8,9,10);;/q;+1;-1. The van der Waals surface area contributed by atoms with E-state index in [-0.39, 0.29) is 57.7 Å². The Labute approximate surface area is 120 Å². The Hall–Kier alpha value is 1.06. The van der Waals surface area contributed by atoms with Crippen LogP contribution in [0.3, 0.4) is 0 Å². The molecule has 1 aromatic carbocycles. The molecule has 0 amide bonds. The second kappa shape index (κ2) is 5.07. The third kappa shape index (κ3) is 3.84. The van der Waals surface area contributed by atoms with Gasteiger partial charge in [-0.2, -0.15) is 8.42 Å². The van der Waals surface area contributed by atoms with Crippen LogP contribution in [0.5, 0.6) is 0 Å². The molecule has 12 heavy (non-hydrogen) atoms. The molecule has 1 rings (SSSR count). The van der Waals surface area contributed by atoms with E-state index < -0.39 is 10.1 Å². The van der Waals surface area contributed by atoms with Crippen LogP contribution in [0.2, 0.25) is 5.02 Å². The van der Waals surface area contributed by atoms with Crippen molar-refractivity contribution in [3.05, 3.63) is 29.3 Å². The van der Waals surface area contributed by atoms with Crippen molar-refractivity contribution in [1.29, 1.82) is 0 Å². The van der Waals surface area contributed by atoms with Gasteiger partial charge in [0.2, 0.25) is 0 Å². The molecule has 62 valence electrons. The fraction of sp³-hybridized carbons (Fsp3) is 0. The van der Waals surface area contributed by atoms with Crippen LogP contribution in [-0.2, 0) is 10.1 Å². The van der Waals surface area contributed by atoms with Crippen molar-refractivity contribution in [2.24, 2.45) is 0 Å². The summed E-state index contributed by atoms with van der Waals surface area (Å²) in [5.74, 6) is 0. The van der Waals surface area contributed by atoms with E-state index in [1.54, 1.807) is 0 Å². The monoisotopic (exact) mass is 232 g/mol. The topological polar surface area (TPSA) is 54.4 Å². The summed E-state index contributed by atoms with van der Waals surface area (Å²) in [5.41, 5.74) is 0. The number of hydrogen-bond donors (Lipinski definition) is 1. The van der Waals surface area contributed by atoms with E-state index in [1.807, 2.05) is 0 Å². The summed E-state index contributed by atoms with van der Waals surface area (Å²) in [6.45, 7) is 0. The molecule has 0 aromatic heterocycles. The van der Waals surface area contributed by atoms with Gasteiger partial charge >= 0.3 is 51.4 Å². The summed E-state index contributed by atoms with van der Waals surface area (Å²) in [5, 5.41) is 0.428. The van der Waals surface area contributed by atoms with Crippen LogP contribution in [0.15, 0.2) is 29.2 Å². The molecule has 1 N–H and O–H groups in total. The molecule has 0 saturated carbocycles. The molecule has 0 saturated heterocycles. The minimum absolute atomic E-state index is 0. The predicted octanol–water partition coefficient (Wildman–Crippen LogP) is -1.30. The molecule has 0 unspecified atom stereocenters. The van der Waals surface area contributed by atoms with Gasteiger partial charge in [-0.05, 0) is 24.3 Å². The molecule has 0 atom stereocenters. The number of halogens is 1. The third-order valence-corrected chi connectivity index (χ3v) is 2.23. The Morgan fingerprint density at radius 3 is 2.00 bits per heavy atom. The van der Waals surface area contributed by atoms with E-state index in [4.69, 9.17) is 16.2 Å². The second-order valence-corrected chi connectivity index (χ2v) is 3.79. The van der Waals surface area contributed by atoms with E-state index in [0.717, 1.165) is 0 Å². The second-order valence-electron chi connectivity index (χ2n) is 1.93. The molecule has 3 nitrogen and oxygen atoms in total. The maximum absolute atomic E-state index is 10.5. The molecule has 0 aliphatic carbocycles. The number of benzene rings is 1. The van der Waals surface area contributed by atoms with E-state index in [1.165, 1.54) is 24.3 Å². The molecule has 0 heterocycles. The summed E-state index contributed by atoms with van der Waals surface area (Å²) in [6, 6.07) is 5.25. The van der Waals surface area contributed by atoms with Crippen molar-refractivity contribution in [2.45, 2.75) is 4.90 Å². The number of rotatable bonds is 1. The van der Waals surface area contributed by atoms with Crippen LogP contribution >= 0.6 is 11.6 Å². The Balaban J connectivity index is 0. The molecule has 1 aromatic rings. The number of hydrogen-bond acceptors (Lipinski definition) is 2. The van der Waals surface area contributed by atoms with Crippen LogP contribution in [-0.4, -0.2) is 13.0 Å². The van der Waals surface area contributed by atoms with Gasteiger partial charge in [0.15, 0.2) is 0 Å². The average Bonchev–Trinajstić information content (AvgIpc) is 1.86. The summed E-state index contributed by atoms with van der Waals surface area (Å²) >= 11 is 5.49. The third-order valence-electron chi connectivity index (χ3n) is 1.11.